The van der Waals surface area contributed by atoms with Gasteiger partial charge in [-0.05, 0) is 60.9 Å². The van der Waals surface area contributed by atoms with E-state index < -0.39 is 34.3 Å². The van der Waals surface area contributed by atoms with Gasteiger partial charge in [0.25, 0.3) is 0 Å². The lowest BCUT2D eigenvalue weighted by Crippen LogP contribution is -2.51. The minimum atomic E-state index is -3.97. The van der Waals surface area contributed by atoms with Gasteiger partial charge in [-0.2, -0.15) is 4.31 Å². The highest BCUT2D eigenvalue weighted by Gasteiger charge is 2.30. The smallest absolute Gasteiger partial charge is 0.243 e. The third-order valence-electron chi connectivity index (χ3n) is 6.22. The van der Waals surface area contributed by atoms with Gasteiger partial charge in [0, 0.05) is 19.6 Å². The number of nitrogens with one attached hydrogen (secondary N) is 1. The molecule has 7 nitrogen and oxygen atoms in total. The summed E-state index contributed by atoms with van der Waals surface area (Å²) in [5.74, 6) is -1.31. The number of benzene rings is 3. The van der Waals surface area contributed by atoms with Gasteiger partial charge in [0.15, 0.2) is 0 Å². The predicted molar refractivity (Wildman–Crippen MR) is 138 cm³/mol. The highest BCUT2D eigenvalue weighted by molar-refractivity contribution is 7.89. The van der Waals surface area contributed by atoms with Crippen LogP contribution < -0.4 is 5.32 Å². The van der Waals surface area contributed by atoms with Crippen LogP contribution in [0.15, 0.2) is 71.6 Å². The Morgan fingerprint density at radius 1 is 0.972 bits per heavy atom. The summed E-state index contributed by atoms with van der Waals surface area (Å²) in [7, 11) is -2.64. The molecule has 192 valence electrons. The number of hydrogen-bond acceptors (Lipinski definition) is 4. The van der Waals surface area contributed by atoms with Gasteiger partial charge in [0.1, 0.15) is 11.9 Å². The van der Waals surface area contributed by atoms with Crippen LogP contribution in [0.4, 0.5) is 4.39 Å². The van der Waals surface area contributed by atoms with Gasteiger partial charge in [0.05, 0.1) is 11.4 Å². The molecule has 3 aromatic carbocycles. The minimum absolute atomic E-state index is 0.0259. The second kappa shape index (κ2) is 11.6. The summed E-state index contributed by atoms with van der Waals surface area (Å²) in [5, 5.41) is 4.54. The number of rotatable bonds is 10. The molecule has 9 heteroatoms. The fraction of sp³-hybridized carbons (Fsp3) is 0.333. The number of nitrogens with zero attached hydrogens (tertiary/aromatic N) is 2. The SMILES string of the molecule is CC[C@H](C)NC(=O)[C@H](C)N(Cc1ccc(F)cc1)C(=O)CN(C)S(=O)(=O)c1ccc2ccccc2c1. The van der Waals surface area contributed by atoms with E-state index in [0.717, 1.165) is 21.5 Å². The summed E-state index contributed by atoms with van der Waals surface area (Å²) in [6.07, 6.45) is 0.719. The van der Waals surface area contributed by atoms with Gasteiger partial charge in [-0.25, -0.2) is 12.8 Å². The largest absolute Gasteiger partial charge is 0.352 e. The highest BCUT2D eigenvalue weighted by atomic mass is 32.2. The number of carbonyl (C=O) groups excluding carboxylic acids is 2. The molecule has 1 N–H and O–H groups in total. The van der Waals surface area contributed by atoms with Crippen molar-refractivity contribution >= 4 is 32.6 Å². The lowest BCUT2D eigenvalue weighted by atomic mass is 10.1. The molecule has 0 aliphatic rings. The number of hydrogen-bond donors (Lipinski definition) is 1. The number of likely N-dealkylation sites (N-methyl/N-ethyl adjacent to an activating group) is 1. The molecule has 2 amide bonds. The van der Waals surface area contributed by atoms with Crippen LogP contribution in [-0.2, 0) is 26.2 Å². The molecule has 0 bridgehead atoms. The van der Waals surface area contributed by atoms with E-state index in [4.69, 9.17) is 0 Å². The topological polar surface area (TPSA) is 86.8 Å². The van der Waals surface area contributed by atoms with Gasteiger partial charge in [-0.3, -0.25) is 9.59 Å². The van der Waals surface area contributed by atoms with Crippen molar-refractivity contribution in [2.75, 3.05) is 13.6 Å². The predicted octanol–water partition coefficient (Wildman–Crippen LogP) is 3.93. The number of sulfonamides is 1. The lowest BCUT2D eigenvalue weighted by Gasteiger charge is -2.31. The van der Waals surface area contributed by atoms with Gasteiger partial charge in [-0.1, -0.05) is 49.4 Å². The molecule has 0 heterocycles. The second-order valence-corrected chi connectivity index (χ2v) is 11.0. The van der Waals surface area contributed by atoms with Gasteiger partial charge >= 0.3 is 0 Å². The van der Waals surface area contributed by atoms with Crippen LogP contribution in [0.25, 0.3) is 10.8 Å². The van der Waals surface area contributed by atoms with Crippen molar-refractivity contribution < 1.29 is 22.4 Å². The Balaban J connectivity index is 1.84. The number of halogens is 1. The number of carbonyl (C=O) groups is 2. The Hall–Kier alpha value is -3.30. The van der Waals surface area contributed by atoms with Crippen molar-refractivity contribution in [2.24, 2.45) is 0 Å². The van der Waals surface area contributed by atoms with Crippen molar-refractivity contribution in [3.8, 4) is 0 Å². The van der Waals surface area contributed by atoms with Crippen molar-refractivity contribution in [2.45, 2.75) is 50.7 Å². The van der Waals surface area contributed by atoms with E-state index in [9.17, 15) is 22.4 Å². The summed E-state index contributed by atoms with van der Waals surface area (Å²) < 4.78 is 40.9. The molecule has 3 aromatic rings. The van der Waals surface area contributed by atoms with Crippen LogP contribution in [0, 0.1) is 5.82 Å². The average molecular weight is 514 g/mol. The highest BCUT2D eigenvalue weighted by Crippen LogP contribution is 2.22. The van der Waals surface area contributed by atoms with E-state index in [2.05, 4.69) is 5.32 Å². The molecule has 0 radical (unpaired) electrons. The third-order valence-corrected chi connectivity index (χ3v) is 8.02. The normalized spacial score (nSPS) is 13.4. The zero-order valence-corrected chi connectivity index (χ0v) is 21.8. The molecule has 0 saturated heterocycles. The van der Waals surface area contributed by atoms with E-state index >= 15 is 0 Å². The van der Waals surface area contributed by atoms with Crippen LogP contribution in [0.2, 0.25) is 0 Å². The summed E-state index contributed by atoms with van der Waals surface area (Å²) in [6.45, 7) is 4.96. The first kappa shape index (κ1) is 27.3. The first-order valence-corrected chi connectivity index (χ1v) is 13.3. The van der Waals surface area contributed by atoms with Crippen molar-refractivity contribution in [1.82, 2.24) is 14.5 Å². The monoisotopic (exact) mass is 513 g/mol. The summed E-state index contributed by atoms with van der Waals surface area (Å²) in [6, 6.07) is 16.9. The van der Waals surface area contributed by atoms with Crippen LogP contribution in [0.3, 0.4) is 0 Å². The molecule has 0 saturated carbocycles. The van der Waals surface area contributed by atoms with E-state index in [1.165, 1.54) is 42.3 Å². The molecule has 3 rings (SSSR count). The van der Waals surface area contributed by atoms with Gasteiger partial charge < -0.3 is 10.2 Å². The molecule has 0 aliphatic heterocycles. The lowest BCUT2D eigenvalue weighted by molar-refractivity contribution is -0.140. The third kappa shape index (κ3) is 6.47. The maximum Gasteiger partial charge on any atom is 0.243 e. The van der Waals surface area contributed by atoms with Gasteiger partial charge in [0.2, 0.25) is 21.8 Å². The van der Waals surface area contributed by atoms with E-state index in [0.29, 0.717) is 5.56 Å². The fourth-order valence-corrected chi connectivity index (χ4v) is 4.86. The number of fused-ring (bicyclic) bond motifs is 1. The van der Waals surface area contributed by atoms with Crippen molar-refractivity contribution in [3.63, 3.8) is 0 Å². The van der Waals surface area contributed by atoms with Crippen molar-refractivity contribution in [1.29, 1.82) is 0 Å². The molecule has 36 heavy (non-hydrogen) atoms. The van der Waals surface area contributed by atoms with Crippen LogP contribution in [0.1, 0.15) is 32.8 Å². The molecular formula is C27H32FN3O4S. The minimum Gasteiger partial charge on any atom is -0.352 e. The Morgan fingerprint density at radius 3 is 2.25 bits per heavy atom. The molecule has 0 aliphatic carbocycles. The zero-order chi connectivity index (χ0) is 26.5. The molecule has 0 spiro atoms. The van der Waals surface area contributed by atoms with E-state index in [1.54, 1.807) is 19.1 Å². The second-order valence-electron chi connectivity index (χ2n) is 8.91. The molecule has 2 atom stereocenters. The van der Waals surface area contributed by atoms with Crippen LogP contribution >= 0.6 is 0 Å². The van der Waals surface area contributed by atoms with Crippen LogP contribution in [-0.4, -0.2) is 55.1 Å². The maximum absolute atomic E-state index is 13.4. The number of amides is 2. The Kier molecular flexibility index (Phi) is 8.81. The van der Waals surface area contributed by atoms with Crippen molar-refractivity contribution in [3.05, 3.63) is 78.1 Å². The Morgan fingerprint density at radius 2 is 1.61 bits per heavy atom. The molecular weight excluding hydrogens is 481 g/mol. The molecule has 0 unspecified atom stereocenters. The summed E-state index contributed by atoms with van der Waals surface area (Å²) in [4.78, 5) is 27.6. The standard InChI is InChI=1S/C27H32FN3O4S/c1-5-19(2)29-27(33)20(3)31(17-21-10-13-24(28)14-11-21)26(32)18-30(4)36(34,35)25-15-12-22-8-6-7-9-23(22)16-25/h6-16,19-20H,5,17-18H2,1-4H3,(H,29,33)/t19-,20-/m0/s1. The average Bonchev–Trinajstić information content (AvgIpc) is 2.87. The van der Waals surface area contributed by atoms with E-state index in [1.807, 2.05) is 38.1 Å². The van der Waals surface area contributed by atoms with Crippen LogP contribution in [0.5, 0.6) is 0 Å². The quantitative estimate of drug-likeness (QED) is 0.445. The first-order chi connectivity index (χ1) is 17.0. The zero-order valence-electron chi connectivity index (χ0n) is 20.9. The summed E-state index contributed by atoms with van der Waals surface area (Å²) >= 11 is 0. The maximum atomic E-state index is 13.4. The van der Waals surface area contributed by atoms with E-state index in [-0.39, 0.29) is 23.4 Å². The first-order valence-electron chi connectivity index (χ1n) is 11.8. The Labute approximate surface area is 212 Å². The summed E-state index contributed by atoms with van der Waals surface area (Å²) in [5.41, 5.74) is 0.618. The van der Waals surface area contributed by atoms with Gasteiger partial charge in [-0.15, -0.1) is 0 Å². The Bertz CT molecular complexity index is 1330. The molecule has 0 fully saturated rings. The molecule has 0 aromatic heterocycles. The fourth-order valence-electron chi connectivity index (χ4n) is 3.71.